The molecule has 0 aliphatic rings. The molecule has 0 aliphatic heterocycles. The summed E-state index contributed by atoms with van der Waals surface area (Å²) in [6.07, 6.45) is 5.99. The second-order valence-corrected chi connectivity index (χ2v) is 3.70. The normalized spacial score (nSPS) is 10.2. The highest BCUT2D eigenvalue weighted by Crippen LogP contribution is 2.10. The van der Waals surface area contributed by atoms with Crippen molar-refractivity contribution in [1.29, 1.82) is 0 Å². The standard InChI is InChI=1S/C12H16N4O/c1-2-4-13-11-6-12(16-9-15-11)14-7-10-3-5-17-8-10/h3,5-6,8-9H,2,4,7H2,1H3,(H2,13,14,15,16). The number of furan rings is 1. The molecule has 0 unspecified atom stereocenters. The Balaban J connectivity index is 1.91. The molecule has 2 aromatic heterocycles. The average molecular weight is 232 g/mol. The molecule has 0 aliphatic carbocycles. The van der Waals surface area contributed by atoms with Gasteiger partial charge in [0.05, 0.1) is 12.5 Å². The lowest BCUT2D eigenvalue weighted by Crippen LogP contribution is -2.05. The molecule has 0 saturated carbocycles. The van der Waals surface area contributed by atoms with Crippen LogP contribution in [0.5, 0.6) is 0 Å². The predicted octanol–water partition coefficient (Wildman–Crippen LogP) is 2.50. The van der Waals surface area contributed by atoms with Crippen LogP contribution < -0.4 is 10.6 Å². The van der Waals surface area contributed by atoms with Crippen molar-refractivity contribution in [2.24, 2.45) is 0 Å². The zero-order chi connectivity index (χ0) is 11.9. The molecule has 17 heavy (non-hydrogen) atoms. The van der Waals surface area contributed by atoms with Gasteiger partial charge in [-0.3, -0.25) is 0 Å². The van der Waals surface area contributed by atoms with Crippen LogP contribution in [0, 0.1) is 0 Å². The number of nitrogens with zero attached hydrogens (tertiary/aromatic N) is 2. The summed E-state index contributed by atoms with van der Waals surface area (Å²) < 4.78 is 4.99. The number of hydrogen-bond donors (Lipinski definition) is 2. The highest BCUT2D eigenvalue weighted by Gasteiger charge is 1.99. The smallest absolute Gasteiger partial charge is 0.131 e. The summed E-state index contributed by atoms with van der Waals surface area (Å²) in [6, 6.07) is 3.82. The first-order valence-electron chi connectivity index (χ1n) is 5.69. The second-order valence-electron chi connectivity index (χ2n) is 3.70. The van der Waals surface area contributed by atoms with Crippen LogP contribution >= 0.6 is 0 Å². The van der Waals surface area contributed by atoms with E-state index in [-0.39, 0.29) is 0 Å². The minimum Gasteiger partial charge on any atom is -0.472 e. The SMILES string of the molecule is CCCNc1cc(NCc2ccoc2)ncn1. The van der Waals surface area contributed by atoms with Gasteiger partial charge < -0.3 is 15.1 Å². The summed E-state index contributed by atoms with van der Waals surface area (Å²) in [6.45, 7) is 3.73. The lowest BCUT2D eigenvalue weighted by Gasteiger charge is -2.06. The maximum Gasteiger partial charge on any atom is 0.131 e. The van der Waals surface area contributed by atoms with E-state index in [1.54, 1.807) is 18.9 Å². The molecule has 0 fully saturated rings. The van der Waals surface area contributed by atoms with Crippen molar-refractivity contribution < 1.29 is 4.42 Å². The van der Waals surface area contributed by atoms with Gasteiger partial charge in [0.2, 0.25) is 0 Å². The molecule has 5 nitrogen and oxygen atoms in total. The lowest BCUT2D eigenvalue weighted by atomic mass is 10.3. The van der Waals surface area contributed by atoms with Gasteiger partial charge in [0.1, 0.15) is 18.0 Å². The molecule has 0 radical (unpaired) electrons. The molecule has 0 bridgehead atoms. The summed E-state index contributed by atoms with van der Waals surface area (Å²) in [4.78, 5) is 8.30. The molecular weight excluding hydrogens is 216 g/mol. The van der Waals surface area contributed by atoms with Crippen molar-refractivity contribution >= 4 is 11.6 Å². The van der Waals surface area contributed by atoms with Gasteiger partial charge in [0.25, 0.3) is 0 Å². The zero-order valence-electron chi connectivity index (χ0n) is 9.81. The van der Waals surface area contributed by atoms with Crippen molar-refractivity contribution in [3.63, 3.8) is 0 Å². The van der Waals surface area contributed by atoms with Gasteiger partial charge in [-0.15, -0.1) is 0 Å². The Morgan fingerprint density at radius 1 is 1.24 bits per heavy atom. The first-order valence-corrected chi connectivity index (χ1v) is 5.69. The summed E-state index contributed by atoms with van der Waals surface area (Å²) >= 11 is 0. The van der Waals surface area contributed by atoms with Crippen LogP contribution in [0.25, 0.3) is 0 Å². The third-order valence-electron chi connectivity index (χ3n) is 2.28. The second kappa shape index (κ2) is 5.89. The summed E-state index contributed by atoms with van der Waals surface area (Å²) in [5.41, 5.74) is 1.09. The van der Waals surface area contributed by atoms with Gasteiger partial charge in [-0.1, -0.05) is 6.92 Å². The minimum atomic E-state index is 0.695. The maximum atomic E-state index is 4.99. The van der Waals surface area contributed by atoms with Gasteiger partial charge in [-0.05, 0) is 12.5 Å². The number of anilines is 2. The number of rotatable bonds is 6. The number of hydrogen-bond acceptors (Lipinski definition) is 5. The van der Waals surface area contributed by atoms with E-state index in [1.165, 1.54) is 0 Å². The molecule has 0 spiro atoms. The minimum absolute atomic E-state index is 0.695. The largest absolute Gasteiger partial charge is 0.472 e. The van der Waals surface area contributed by atoms with Crippen LogP contribution in [0.15, 0.2) is 35.4 Å². The van der Waals surface area contributed by atoms with Crippen LogP contribution in [0.2, 0.25) is 0 Å². The Hall–Kier alpha value is -2.04. The van der Waals surface area contributed by atoms with E-state index in [0.717, 1.165) is 30.2 Å². The molecule has 0 saturated heterocycles. The van der Waals surface area contributed by atoms with E-state index < -0.39 is 0 Å². The fraction of sp³-hybridized carbons (Fsp3) is 0.333. The Bertz CT molecular complexity index is 442. The van der Waals surface area contributed by atoms with Gasteiger partial charge >= 0.3 is 0 Å². The van der Waals surface area contributed by atoms with E-state index in [2.05, 4.69) is 27.5 Å². The first-order chi connectivity index (χ1) is 8.38. The lowest BCUT2D eigenvalue weighted by molar-refractivity contribution is 0.564. The summed E-state index contributed by atoms with van der Waals surface area (Å²) in [7, 11) is 0. The molecule has 2 N–H and O–H groups in total. The van der Waals surface area contributed by atoms with Crippen LogP contribution in [0.1, 0.15) is 18.9 Å². The number of nitrogens with one attached hydrogen (secondary N) is 2. The van der Waals surface area contributed by atoms with E-state index in [0.29, 0.717) is 6.54 Å². The molecule has 0 amide bonds. The van der Waals surface area contributed by atoms with E-state index in [9.17, 15) is 0 Å². The van der Waals surface area contributed by atoms with Crippen molar-refractivity contribution in [2.75, 3.05) is 17.2 Å². The fourth-order valence-electron chi connectivity index (χ4n) is 1.39. The molecule has 5 heteroatoms. The average Bonchev–Trinajstić information content (AvgIpc) is 2.87. The Morgan fingerprint density at radius 2 is 2.06 bits per heavy atom. The van der Waals surface area contributed by atoms with Crippen molar-refractivity contribution in [1.82, 2.24) is 9.97 Å². The Morgan fingerprint density at radius 3 is 2.76 bits per heavy atom. The molecule has 0 atom stereocenters. The van der Waals surface area contributed by atoms with Gasteiger partial charge in [0.15, 0.2) is 0 Å². The first kappa shape index (κ1) is 11.4. The molecule has 0 aromatic carbocycles. The van der Waals surface area contributed by atoms with Gasteiger partial charge in [-0.2, -0.15) is 0 Å². The van der Waals surface area contributed by atoms with Gasteiger partial charge in [-0.25, -0.2) is 9.97 Å². The fourth-order valence-corrected chi connectivity index (χ4v) is 1.39. The van der Waals surface area contributed by atoms with Crippen LogP contribution in [0.3, 0.4) is 0 Å². The number of aromatic nitrogens is 2. The quantitative estimate of drug-likeness (QED) is 0.801. The van der Waals surface area contributed by atoms with Crippen LogP contribution in [-0.2, 0) is 6.54 Å². The third kappa shape index (κ3) is 3.48. The van der Waals surface area contributed by atoms with E-state index in [1.807, 2.05) is 12.1 Å². The van der Waals surface area contributed by atoms with Crippen molar-refractivity contribution in [3.8, 4) is 0 Å². The van der Waals surface area contributed by atoms with Gasteiger partial charge in [0, 0.05) is 24.7 Å². The predicted molar refractivity (Wildman–Crippen MR) is 66.8 cm³/mol. The molecule has 2 rings (SSSR count). The van der Waals surface area contributed by atoms with Crippen molar-refractivity contribution in [2.45, 2.75) is 19.9 Å². The maximum absolute atomic E-state index is 4.99. The van der Waals surface area contributed by atoms with Crippen molar-refractivity contribution in [3.05, 3.63) is 36.5 Å². The van der Waals surface area contributed by atoms with E-state index >= 15 is 0 Å². The topological polar surface area (TPSA) is 63.0 Å². The molecule has 90 valence electrons. The van der Waals surface area contributed by atoms with E-state index in [4.69, 9.17) is 4.42 Å². The highest BCUT2D eigenvalue weighted by atomic mass is 16.3. The Labute approximate surface area is 100 Å². The monoisotopic (exact) mass is 232 g/mol. The van der Waals surface area contributed by atoms with Crippen LogP contribution in [-0.4, -0.2) is 16.5 Å². The zero-order valence-corrected chi connectivity index (χ0v) is 9.81. The summed E-state index contributed by atoms with van der Waals surface area (Å²) in [5, 5.41) is 6.43. The molecular formula is C12H16N4O. The Kier molecular flexibility index (Phi) is 3.96. The highest BCUT2D eigenvalue weighted by molar-refractivity contribution is 5.46. The summed E-state index contributed by atoms with van der Waals surface area (Å²) in [5.74, 6) is 1.65. The van der Waals surface area contributed by atoms with Crippen LogP contribution in [0.4, 0.5) is 11.6 Å². The molecule has 2 heterocycles. The third-order valence-corrected chi connectivity index (χ3v) is 2.28. The molecule has 2 aromatic rings.